The number of benzene rings is 1. The highest BCUT2D eigenvalue weighted by molar-refractivity contribution is 5.35. The van der Waals surface area contributed by atoms with Gasteiger partial charge >= 0.3 is 0 Å². The first-order valence-electron chi connectivity index (χ1n) is 9.81. The maximum atomic E-state index is 6.41. The predicted octanol–water partition coefficient (Wildman–Crippen LogP) is 4.57. The molecule has 1 aromatic rings. The third kappa shape index (κ3) is 3.34. The van der Waals surface area contributed by atoms with Crippen LogP contribution in [0.4, 0.5) is 0 Å². The molecule has 0 saturated heterocycles. The molecule has 2 aliphatic carbocycles. The third-order valence-corrected chi connectivity index (χ3v) is 6.39. The van der Waals surface area contributed by atoms with E-state index in [1.165, 1.54) is 69.0 Å². The van der Waals surface area contributed by atoms with Crippen LogP contribution in [-0.4, -0.2) is 19.2 Å². The summed E-state index contributed by atoms with van der Waals surface area (Å²) in [4.78, 5) is 0. The van der Waals surface area contributed by atoms with Gasteiger partial charge < -0.3 is 10.1 Å². The second-order valence-corrected chi connectivity index (χ2v) is 7.96. The van der Waals surface area contributed by atoms with Crippen molar-refractivity contribution in [3.63, 3.8) is 0 Å². The minimum Gasteiger partial charge on any atom is -0.370 e. The lowest BCUT2D eigenvalue weighted by Gasteiger charge is -2.45. The summed E-state index contributed by atoms with van der Waals surface area (Å²) in [6, 6.07) is 9.63. The molecule has 1 aliphatic heterocycles. The lowest BCUT2D eigenvalue weighted by molar-refractivity contribution is -0.0917. The van der Waals surface area contributed by atoms with E-state index in [-0.39, 0.29) is 5.60 Å². The fourth-order valence-corrected chi connectivity index (χ4v) is 5.13. The molecular weight excluding hydrogens is 282 g/mol. The van der Waals surface area contributed by atoms with Crippen molar-refractivity contribution in [2.45, 2.75) is 75.9 Å². The molecule has 2 atom stereocenters. The summed E-state index contributed by atoms with van der Waals surface area (Å²) in [6.45, 7) is 2.12. The quantitative estimate of drug-likeness (QED) is 0.883. The maximum Gasteiger partial charge on any atom is 0.0948 e. The van der Waals surface area contributed by atoms with Crippen LogP contribution < -0.4 is 5.32 Å². The van der Waals surface area contributed by atoms with Crippen LogP contribution in [0.1, 0.15) is 68.9 Å². The Hall–Kier alpha value is -0.860. The Bertz CT molecular complexity index is 522. The Balaban J connectivity index is 1.43. The van der Waals surface area contributed by atoms with Gasteiger partial charge in [-0.1, -0.05) is 43.5 Å². The Morgan fingerprint density at radius 1 is 1.04 bits per heavy atom. The highest BCUT2D eigenvalue weighted by atomic mass is 16.5. The molecule has 4 rings (SSSR count). The normalized spacial score (nSPS) is 31.9. The molecular formula is C21H31NO. The molecule has 23 heavy (non-hydrogen) atoms. The van der Waals surface area contributed by atoms with Crippen molar-refractivity contribution in [1.29, 1.82) is 0 Å². The van der Waals surface area contributed by atoms with Gasteiger partial charge in [0.05, 0.1) is 12.2 Å². The van der Waals surface area contributed by atoms with E-state index in [1.54, 1.807) is 0 Å². The fourth-order valence-electron chi connectivity index (χ4n) is 5.13. The fraction of sp³-hybridized carbons (Fsp3) is 0.714. The molecule has 2 saturated carbocycles. The molecule has 3 aliphatic rings. The lowest BCUT2D eigenvalue weighted by Crippen LogP contribution is -2.47. The molecule has 0 aromatic heterocycles. The van der Waals surface area contributed by atoms with Crippen molar-refractivity contribution in [2.75, 3.05) is 13.2 Å². The number of hydrogen-bond donors (Lipinski definition) is 1. The first kappa shape index (κ1) is 15.7. The standard InChI is InChI=1S/C21H31NO/c1-2-7-17(8-3-1)16-22-19-10-6-13-21(15-19)20-11-5-4-9-18(20)12-14-23-21/h4-5,9,11,17,19,22H,1-3,6-8,10,12-16H2/t19-,21+/m0/s1. The summed E-state index contributed by atoms with van der Waals surface area (Å²) in [5.41, 5.74) is 3.00. The summed E-state index contributed by atoms with van der Waals surface area (Å²) in [5.74, 6) is 0.918. The summed E-state index contributed by atoms with van der Waals surface area (Å²) in [6.07, 6.45) is 13.3. The molecule has 1 heterocycles. The highest BCUT2D eigenvalue weighted by Crippen LogP contribution is 2.44. The molecule has 2 fully saturated rings. The molecule has 1 spiro atoms. The van der Waals surface area contributed by atoms with Gasteiger partial charge in [-0.15, -0.1) is 0 Å². The monoisotopic (exact) mass is 313 g/mol. The number of nitrogens with one attached hydrogen (secondary N) is 1. The van der Waals surface area contributed by atoms with Gasteiger partial charge in [0.1, 0.15) is 0 Å². The topological polar surface area (TPSA) is 21.3 Å². The van der Waals surface area contributed by atoms with Crippen LogP contribution in [0.5, 0.6) is 0 Å². The van der Waals surface area contributed by atoms with Crippen molar-refractivity contribution in [2.24, 2.45) is 5.92 Å². The highest BCUT2D eigenvalue weighted by Gasteiger charge is 2.41. The summed E-state index contributed by atoms with van der Waals surface area (Å²) < 4.78 is 6.41. The zero-order valence-electron chi connectivity index (χ0n) is 14.4. The molecule has 2 nitrogen and oxygen atoms in total. The maximum absolute atomic E-state index is 6.41. The third-order valence-electron chi connectivity index (χ3n) is 6.39. The SMILES string of the molecule is c1ccc2c(c1)CCO[C@@]21CCC[C@H](NCC2CCCCC2)C1. The van der Waals surface area contributed by atoms with E-state index in [0.717, 1.165) is 25.4 Å². The van der Waals surface area contributed by atoms with E-state index in [1.807, 2.05) is 0 Å². The molecule has 1 aromatic carbocycles. The minimum absolute atomic E-state index is 0.00265. The van der Waals surface area contributed by atoms with E-state index in [9.17, 15) is 0 Å². The average molecular weight is 313 g/mol. The Morgan fingerprint density at radius 3 is 2.83 bits per heavy atom. The van der Waals surface area contributed by atoms with Crippen molar-refractivity contribution >= 4 is 0 Å². The summed E-state index contributed by atoms with van der Waals surface area (Å²) >= 11 is 0. The van der Waals surface area contributed by atoms with Gasteiger partial charge in [0.25, 0.3) is 0 Å². The van der Waals surface area contributed by atoms with Gasteiger partial charge in [-0.2, -0.15) is 0 Å². The van der Waals surface area contributed by atoms with Crippen molar-refractivity contribution < 1.29 is 4.74 Å². The first-order valence-corrected chi connectivity index (χ1v) is 9.81. The number of fused-ring (bicyclic) bond motifs is 2. The Labute approximate surface area is 141 Å². The average Bonchev–Trinajstić information content (AvgIpc) is 2.62. The largest absolute Gasteiger partial charge is 0.370 e. The van der Waals surface area contributed by atoms with Crippen LogP contribution in [0.3, 0.4) is 0 Å². The second kappa shape index (κ2) is 6.94. The first-order chi connectivity index (χ1) is 11.4. The van der Waals surface area contributed by atoms with Gasteiger partial charge in [-0.25, -0.2) is 0 Å². The molecule has 0 amide bonds. The van der Waals surface area contributed by atoms with Crippen LogP contribution in [0.2, 0.25) is 0 Å². The van der Waals surface area contributed by atoms with Crippen LogP contribution in [-0.2, 0) is 16.8 Å². The molecule has 126 valence electrons. The predicted molar refractivity (Wildman–Crippen MR) is 94.6 cm³/mol. The van der Waals surface area contributed by atoms with Gasteiger partial charge in [-0.05, 0) is 68.5 Å². The molecule has 0 bridgehead atoms. The molecule has 2 heteroatoms. The van der Waals surface area contributed by atoms with Crippen LogP contribution in [0, 0.1) is 5.92 Å². The van der Waals surface area contributed by atoms with Gasteiger partial charge in [0.15, 0.2) is 0 Å². The van der Waals surface area contributed by atoms with Crippen molar-refractivity contribution in [1.82, 2.24) is 5.32 Å². The van der Waals surface area contributed by atoms with Gasteiger partial charge in [0, 0.05) is 6.04 Å². The lowest BCUT2D eigenvalue weighted by atomic mass is 9.74. The molecule has 0 unspecified atom stereocenters. The van der Waals surface area contributed by atoms with E-state index in [0.29, 0.717) is 6.04 Å². The summed E-state index contributed by atoms with van der Waals surface area (Å²) in [7, 11) is 0. The minimum atomic E-state index is -0.00265. The van der Waals surface area contributed by atoms with E-state index < -0.39 is 0 Å². The Morgan fingerprint density at radius 2 is 1.91 bits per heavy atom. The van der Waals surface area contributed by atoms with Gasteiger partial charge in [0.2, 0.25) is 0 Å². The second-order valence-electron chi connectivity index (χ2n) is 7.96. The molecule has 1 N–H and O–H groups in total. The van der Waals surface area contributed by atoms with Crippen LogP contribution in [0.15, 0.2) is 24.3 Å². The van der Waals surface area contributed by atoms with E-state index in [4.69, 9.17) is 4.74 Å². The van der Waals surface area contributed by atoms with Gasteiger partial charge in [-0.3, -0.25) is 0 Å². The van der Waals surface area contributed by atoms with E-state index in [2.05, 4.69) is 29.6 Å². The Kier molecular flexibility index (Phi) is 4.73. The molecule has 0 radical (unpaired) electrons. The smallest absolute Gasteiger partial charge is 0.0948 e. The van der Waals surface area contributed by atoms with Crippen LogP contribution in [0.25, 0.3) is 0 Å². The number of ether oxygens (including phenoxy) is 1. The van der Waals surface area contributed by atoms with Crippen molar-refractivity contribution in [3.8, 4) is 0 Å². The summed E-state index contributed by atoms with van der Waals surface area (Å²) in [5, 5.41) is 3.91. The van der Waals surface area contributed by atoms with Crippen molar-refractivity contribution in [3.05, 3.63) is 35.4 Å². The number of hydrogen-bond acceptors (Lipinski definition) is 2. The van der Waals surface area contributed by atoms with E-state index >= 15 is 0 Å². The number of rotatable bonds is 3. The zero-order valence-corrected chi connectivity index (χ0v) is 14.4. The van der Waals surface area contributed by atoms with Crippen LogP contribution >= 0.6 is 0 Å². The zero-order chi connectivity index (χ0) is 15.5.